The van der Waals surface area contributed by atoms with Crippen molar-refractivity contribution in [1.82, 2.24) is 5.32 Å². The molecule has 98 valence electrons. The zero-order valence-corrected chi connectivity index (χ0v) is 10.6. The highest BCUT2D eigenvalue weighted by Gasteiger charge is 2.20. The van der Waals surface area contributed by atoms with E-state index in [1.54, 1.807) is 18.2 Å². The van der Waals surface area contributed by atoms with Crippen LogP contribution in [0.3, 0.4) is 0 Å². The van der Waals surface area contributed by atoms with Gasteiger partial charge in [-0.25, -0.2) is 0 Å². The van der Waals surface area contributed by atoms with Crippen molar-refractivity contribution in [3.8, 4) is 11.5 Å². The van der Waals surface area contributed by atoms with Crippen molar-refractivity contribution in [1.29, 1.82) is 0 Å². The van der Waals surface area contributed by atoms with E-state index in [4.69, 9.17) is 0 Å². The first-order chi connectivity index (χ1) is 9.22. The molecule has 2 aromatic carbocycles. The average Bonchev–Trinajstić information content (AvgIpc) is 2.41. The standard InChI is InChI=1S/C16H17NO2/c18-13-3-1-11(2-4-13)9-16-15-6-5-14(19)10-12(15)7-8-17-16/h1-6,10,16-19H,7-9H2/t16-/m0/s1. The predicted octanol–water partition coefficient (Wildman–Crippen LogP) is 2.53. The van der Waals surface area contributed by atoms with Crippen LogP contribution in [-0.2, 0) is 12.8 Å². The molecule has 0 aliphatic carbocycles. The molecule has 0 fully saturated rings. The van der Waals surface area contributed by atoms with Crippen LogP contribution < -0.4 is 5.32 Å². The van der Waals surface area contributed by atoms with Crippen molar-refractivity contribution in [2.75, 3.05) is 6.54 Å². The lowest BCUT2D eigenvalue weighted by atomic mass is 9.90. The molecule has 0 unspecified atom stereocenters. The van der Waals surface area contributed by atoms with Crippen molar-refractivity contribution < 1.29 is 10.2 Å². The molecule has 0 spiro atoms. The molecule has 3 heteroatoms. The van der Waals surface area contributed by atoms with E-state index in [9.17, 15) is 10.2 Å². The zero-order valence-electron chi connectivity index (χ0n) is 10.6. The van der Waals surface area contributed by atoms with Crippen LogP contribution in [0.2, 0.25) is 0 Å². The summed E-state index contributed by atoms with van der Waals surface area (Å²) in [6.45, 7) is 0.930. The highest BCUT2D eigenvalue weighted by Crippen LogP contribution is 2.28. The van der Waals surface area contributed by atoms with Gasteiger partial charge in [-0.1, -0.05) is 18.2 Å². The summed E-state index contributed by atoms with van der Waals surface area (Å²) in [5.74, 6) is 0.634. The molecular formula is C16H17NO2. The smallest absolute Gasteiger partial charge is 0.115 e. The quantitative estimate of drug-likeness (QED) is 0.773. The van der Waals surface area contributed by atoms with E-state index in [-0.39, 0.29) is 6.04 Å². The zero-order chi connectivity index (χ0) is 13.2. The molecule has 3 nitrogen and oxygen atoms in total. The Balaban J connectivity index is 1.85. The van der Waals surface area contributed by atoms with E-state index in [1.807, 2.05) is 24.3 Å². The van der Waals surface area contributed by atoms with E-state index in [0.29, 0.717) is 11.5 Å². The summed E-state index contributed by atoms with van der Waals surface area (Å²) in [5.41, 5.74) is 3.68. The second-order valence-electron chi connectivity index (χ2n) is 5.01. The van der Waals surface area contributed by atoms with Gasteiger partial charge in [0.2, 0.25) is 0 Å². The fraction of sp³-hybridized carbons (Fsp3) is 0.250. The van der Waals surface area contributed by atoms with Gasteiger partial charge >= 0.3 is 0 Å². The minimum atomic E-state index is 0.272. The molecule has 3 N–H and O–H groups in total. The van der Waals surface area contributed by atoms with Gasteiger partial charge in [0.05, 0.1) is 0 Å². The van der Waals surface area contributed by atoms with Crippen molar-refractivity contribution in [2.24, 2.45) is 0 Å². The molecule has 2 aromatic rings. The maximum atomic E-state index is 9.55. The van der Waals surface area contributed by atoms with Gasteiger partial charge in [-0.3, -0.25) is 0 Å². The van der Waals surface area contributed by atoms with Crippen LogP contribution in [0.1, 0.15) is 22.7 Å². The summed E-state index contributed by atoms with van der Waals surface area (Å²) in [7, 11) is 0. The number of rotatable bonds is 2. The molecule has 0 radical (unpaired) electrons. The number of nitrogens with one attached hydrogen (secondary N) is 1. The van der Waals surface area contributed by atoms with Gasteiger partial charge in [0.25, 0.3) is 0 Å². The first-order valence-electron chi connectivity index (χ1n) is 6.55. The molecule has 1 atom stereocenters. The molecular weight excluding hydrogens is 238 g/mol. The maximum Gasteiger partial charge on any atom is 0.115 e. The molecule has 1 aliphatic heterocycles. The Hall–Kier alpha value is -2.00. The van der Waals surface area contributed by atoms with E-state index >= 15 is 0 Å². The van der Waals surface area contributed by atoms with Crippen molar-refractivity contribution in [3.05, 3.63) is 59.2 Å². The summed E-state index contributed by atoms with van der Waals surface area (Å²) >= 11 is 0. The number of phenols is 2. The van der Waals surface area contributed by atoms with Crippen LogP contribution in [0.15, 0.2) is 42.5 Å². The lowest BCUT2D eigenvalue weighted by Crippen LogP contribution is -2.31. The first-order valence-corrected chi connectivity index (χ1v) is 6.55. The van der Waals surface area contributed by atoms with E-state index < -0.39 is 0 Å². The van der Waals surface area contributed by atoms with Crippen LogP contribution in [0, 0.1) is 0 Å². The molecule has 0 aromatic heterocycles. The van der Waals surface area contributed by atoms with Gasteiger partial charge < -0.3 is 15.5 Å². The Morgan fingerprint density at radius 3 is 2.53 bits per heavy atom. The van der Waals surface area contributed by atoms with Crippen molar-refractivity contribution in [3.63, 3.8) is 0 Å². The molecule has 0 amide bonds. The summed E-state index contributed by atoms with van der Waals surface area (Å²) in [5, 5.41) is 22.4. The Morgan fingerprint density at radius 2 is 1.74 bits per heavy atom. The maximum absolute atomic E-state index is 9.55. The molecule has 1 heterocycles. The Kier molecular flexibility index (Phi) is 3.13. The number of hydrogen-bond donors (Lipinski definition) is 3. The Morgan fingerprint density at radius 1 is 1.00 bits per heavy atom. The van der Waals surface area contributed by atoms with Gasteiger partial charge in [-0.05, 0) is 60.3 Å². The third kappa shape index (κ3) is 2.56. The van der Waals surface area contributed by atoms with Crippen molar-refractivity contribution >= 4 is 0 Å². The largest absolute Gasteiger partial charge is 0.508 e. The Labute approximate surface area is 112 Å². The van der Waals surface area contributed by atoms with Crippen LogP contribution in [0.4, 0.5) is 0 Å². The van der Waals surface area contributed by atoms with Gasteiger partial charge in [-0.15, -0.1) is 0 Å². The monoisotopic (exact) mass is 255 g/mol. The normalized spacial score (nSPS) is 18.0. The highest BCUT2D eigenvalue weighted by molar-refractivity contribution is 5.39. The topological polar surface area (TPSA) is 52.5 Å². The van der Waals surface area contributed by atoms with Crippen LogP contribution >= 0.6 is 0 Å². The lowest BCUT2D eigenvalue weighted by Gasteiger charge is -2.27. The average molecular weight is 255 g/mol. The minimum absolute atomic E-state index is 0.272. The summed E-state index contributed by atoms with van der Waals surface area (Å²) < 4.78 is 0. The molecule has 1 aliphatic rings. The molecule has 19 heavy (non-hydrogen) atoms. The molecule has 3 rings (SSSR count). The SMILES string of the molecule is Oc1ccc(C[C@@H]2NCCc3cc(O)ccc32)cc1. The Bertz CT molecular complexity index is 578. The van der Waals surface area contributed by atoms with E-state index in [1.165, 1.54) is 16.7 Å². The lowest BCUT2D eigenvalue weighted by molar-refractivity contribution is 0.465. The first kappa shape index (κ1) is 12.1. The fourth-order valence-corrected chi connectivity index (χ4v) is 2.69. The summed E-state index contributed by atoms with van der Waals surface area (Å²) in [6, 6.07) is 13.2. The van der Waals surface area contributed by atoms with E-state index in [2.05, 4.69) is 5.32 Å². The number of aromatic hydroxyl groups is 2. The van der Waals surface area contributed by atoms with Crippen LogP contribution in [0.5, 0.6) is 11.5 Å². The predicted molar refractivity (Wildman–Crippen MR) is 74.4 cm³/mol. The van der Waals surface area contributed by atoms with Gasteiger partial charge in [-0.2, -0.15) is 0 Å². The summed E-state index contributed by atoms with van der Waals surface area (Å²) in [4.78, 5) is 0. The fourth-order valence-electron chi connectivity index (χ4n) is 2.69. The summed E-state index contributed by atoms with van der Waals surface area (Å²) in [6.07, 6.45) is 1.84. The van der Waals surface area contributed by atoms with Gasteiger partial charge in [0, 0.05) is 6.04 Å². The van der Waals surface area contributed by atoms with Gasteiger partial charge in [0.1, 0.15) is 11.5 Å². The van der Waals surface area contributed by atoms with Crippen LogP contribution in [0.25, 0.3) is 0 Å². The van der Waals surface area contributed by atoms with E-state index in [0.717, 1.165) is 19.4 Å². The van der Waals surface area contributed by atoms with Crippen molar-refractivity contribution in [2.45, 2.75) is 18.9 Å². The van der Waals surface area contributed by atoms with Gasteiger partial charge in [0.15, 0.2) is 0 Å². The second kappa shape index (κ2) is 4.94. The third-order valence-corrected chi connectivity index (χ3v) is 3.66. The third-order valence-electron chi connectivity index (χ3n) is 3.66. The number of benzene rings is 2. The number of fused-ring (bicyclic) bond motifs is 1. The number of hydrogen-bond acceptors (Lipinski definition) is 3. The highest BCUT2D eigenvalue weighted by atomic mass is 16.3. The number of phenolic OH excluding ortho intramolecular Hbond substituents is 2. The minimum Gasteiger partial charge on any atom is -0.508 e. The van der Waals surface area contributed by atoms with Crippen LogP contribution in [-0.4, -0.2) is 16.8 Å². The molecule has 0 saturated carbocycles. The molecule has 0 bridgehead atoms. The second-order valence-corrected chi connectivity index (χ2v) is 5.01. The molecule has 0 saturated heterocycles.